The second kappa shape index (κ2) is 6.36. The Kier molecular flexibility index (Phi) is 4.80. The van der Waals surface area contributed by atoms with Crippen LogP contribution in [-0.4, -0.2) is 6.16 Å². The third-order valence-corrected chi connectivity index (χ3v) is 7.99. The molecular weight excluding hydrogens is 259 g/mol. The first-order chi connectivity index (χ1) is 8.77. The summed E-state index contributed by atoms with van der Waals surface area (Å²) in [6, 6.07) is 21.1. The minimum absolute atomic E-state index is 1.08. The normalized spacial score (nSPS) is 11.4. The molecule has 0 saturated carbocycles. The second-order valence-corrected chi connectivity index (χ2v) is 9.11. The lowest BCUT2D eigenvalue weighted by molar-refractivity contribution is 0.893. The molecule has 0 nitrogen and oxygen atoms in total. The van der Waals surface area contributed by atoms with Crippen molar-refractivity contribution in [3.8, 4) is 0 Å². The van der Waals surface area contributed by atoms with Crippen LogP contribution in [0.15, 0.2) is 60.7 Å². The van der Waals surface area contributed by atoms with E-state index in [1.54, 1.807) is 0 Å². The molecule has 0 saturated heterocycles. The lowest BCUT2D eigenvalue weighted by atomic mass is 10.4. The lowest BCUT2D eigenvalue weighted by Gasteiger charge is -2.18. The van der Waals surface area contributed by atoms with E-state index >= 15 is 0 Å². The minimum atomic E-state index is -1.72. The molecule has 0 spiro atoms. The van der Waals surface area contributed by atoms with Crippen molar-refractivity contribution in [1.82, 2.24) is 0 Å². The largest absolute Gasteiger partial charge is 0.178 e. The standard InChI is InChI=1S/C16H19ClP/c1-2-3-14-18(17,15-10-6-4-7-11-15)16-12-8-5-9-13-16/h4-13H,2-3,14H2,1H3/q+1. The van der Waals surface area contributed by atoms with Crippen molar-refractivity contribution in [2.45, 2.75) is 19.8 Å². The van der Waals surface area contributed by atoms with Crippen LogP contribution in [0, 0.1) is 0 Å². The summed E-state index contributed by atoms with van der Waals surface area (Å²) in [5.41, 5.74) is 0. The zero-order valence-electron chi connectivity index (χ0n) is 10.7. The Morgan fingerprint density at radius 3 is 1.67 bits per heavy atom. The average Bonchev–Trinajstić information content (AvgIpc) is 2.46. The van der Waals surface area contributed by atoms with Gasteiger partial charge in [0.1, 0.15) is 10.6 Å². The highest BCUT2D eigenvalue weighted by atomic mass is 35.7. The van der Waals surface area contributed by atoms with E-state index in [0.717, 1.165) is 6.16 Å². The van der Waals surface area contributed by atoms with E-state index in [2.05, 4.69) is 67.6 Å². The average molecular weight is 278 g/mol. The van der Waals surface area contributed by atoms with Crippen LogP contribution in [0.25, 0.3) is 0 Å². The van der Waals surface area contributed by atoms with Crippen molar-refractivity contribution in [3.63, 3.8) is 0 Å². The van der Waals surface area contributed by atoms with Crippen molar-refractivity contribution in [1.29, 1.82) is 0 Å². The van der Waals surface area contributed by atoms with Crippen LogP contribution in [-0.2, 0) is 0 Å². The summed E-state index contributed by atoms with van der Waals surface area (Å²) in [7, 11) is 0. The molecule has 2 aromatic carbocycles. The molecule has 0 aliphatic heterocycles. The van der Waals surface area contributed by atoms with E-state index in [0.29, 0.717) is 0 Å². The van der Waals surface area contributed by atoms with Gasteiger partial charge in [0.15, 0.2) is 6.62 Å². The van der Waals surface area contributed by atoms with Gasteiger partial charge in [-0.25, -0.2) is 0 Å². The maximum Gasteiger partial charge on any atom is 0.178 e. The molecule has 0 heterocycles. The molecule has 2 aromatic rings. The predicted octanol–water partition coefficient (Wildman–Crippen LogP) is 4.61. The second-order valence-electron chi connectivity index (χ2n) is 4.46. The highest BCUT2D eigenvalue weighted by Gasteiger charge is 2.40. The number of halogens is 1. The van der Waals surface area contributed by atoms with Crippen molar-refractivity contribution >= 4 is 28.5 Å². The zero-order chi connectivity index (χ0) is 12.8. The minimum Gasteiger partial charge on any atom is -0.0652 e. The van der Waals surface area contributed by atoms with Crippen LogP contribution in [0.5, 0.6) is 0 Å². The Balaban J connectivity index is 2.41. The van der Waals surface area contributed by atoms with Crippen LogP contribution in [0.1, 0.15) is 19.8 Å². The van der Waals surface area contributed by atoms with E-state index < -0.39 is 6.62 Å². The van der Waals surface area contributed by atoms with E-state index in [-0.39, 0.29) is 0 Å². The topological polar surface area (TPSA) is 0 Å². The molecule has 0 aliphatic rings. The molecular formula is C16H19ClP+. The van der Waals surface area contributed by atoms with E-state index in [1.807, 2.05) is 0 Å². The Morgan fingerprint density at radius 1 is 0.833 bits per heavy atom. The molecule has 0 aliphatic carbocycles. The van der Waals surface area contributed by atoms with Crippen LogP contribution in [0.4, 0.5) is 0 Å². The molecule has 0 aromatic heterocycles. The van der Waals surface area contributed by atoms with Gasteiger partial charge < -0.3 is 0 Å². The maximum absolute atomic E-state index is 7.08. The summed E-state index contributed by atoms with van der Waals surface area (Å²) in [4.78, 5) is 0. The first kappa shape index (κ1) is 13.6. The Bertz CT molecular complexity index is 427. The number of rotatable bonds is 5. The summed E-state index contributed by atoms with van der Waals surface area (Å²) < 4.78 is 0. The van der Waals surface area contributed by atoms with Gasteiger partial charge in [-0.1, -0.05) is 49.7 Å². The summed E-state index contributed by atoms with van der Waals surface area (Å²) in [5.74, 6) is 0. The monoisotopic (exact) mass is 277 g/mol. The van der Waals surface area contributed by atoms with Gasteiger partial charge in [0, 0.05) is 0 Å². The highest BCUT2D eigenvalue weighted by molar-refractivity contribution is 8.09. The van der Waals surface area contributed by atoms with Crippen LogP contribution in [0.2, 0.25) is 0 Å². The Morgan fingerprint density at radius 2 is 1.28 bits per heavy atom. The fourth-order valence-electron chi connectivity index (χ4n) is 2.11. The lowest BCUT2D eigenvalue weighted by Crippen LogP contribution is -2.20. The van der Waals surface area contributed by atoms with E-state index in [9.17, 15) is 0 Å². The Hall–Kier alpha value is -0.840. The third-order valence-electron chi connectivity index (χ3n) is 3.15. The molecule has 0 radical (unpaired) electrons. The molecule has 0 atom stereocenters. The quantitative estimate of drug-likeness (QED) is 0.700. The fraction of sp³-hybridized carbons (Fsp3) is 0.250. The van der Waals surface area contributed by atoms with Crippen molar-refractivity contribution in [3.05, 3.63) is 60.7 Å². The molecule has 2 heteroatoms. The number of unbranched alkanes of at least 4 members (excludes halogenated alkanes) is 1. The predicted molar refractivity (Wildman–Crippen MR) is 84.7 cm³/mol. The number of hydrogen-bond acceptors (Lipinski definition) is 0. The summed E-state index contributed by atoms with van der Waals surface area (Å²) in [6.07, 6.45) is 3.45. The molecule has 0 fully saturated rings. The van der Waals surface area contributed by atoms with Crippen LogP contribution in [0.3, 0.4) is 0 Å². The van der Waals surface area contributed by atoms with Crippen molar-refractivity contribution < 1.29 is 0 Å². The maximum atomic E-state index is 7.08. The molecule has 0 bridgehead atoms. The number of benzene rings is 2. The van der Waals surface area contributed by atoms with E-state index in [1.165, 1.54) is 23.5 Å². The van der Waals surface area contributed by atoms with Gasteiger partial charge in [0.2, 0.25) is 0 Å². The van der Waals surface area contributed by atoms with Gasteiger partial charge >= 0.3 is 0 Å². The van der Waals surface area contributed by atoms with Crippen LogP contribution >= 0.6 is 17.9 Å². The number of hydrogen-bond donors (Lipinski definition) is 0. The fourth-order valence-corrected chi connectivity index (χ4v) is 6.00. The van der Waals surface area contributed by atoms with Gasteiger partial charge in [0.25, 0.3) is 0 Å². The summed E-state index contributed by atoms with van der Waals surface area (Å²) in [5, 5.41) is 2.60. The van der Waals surface area contributed by atoms with Gasteiger partial charge in [-0.2, -0.15) is 0 Å². The zero-order valence-corrected chi connectivity index (χ0v) is 12.4. The molecule has 0 N–H and O–H groups in total. The smallest absolute Gasteiger partial charge is 0.0652 e. The summed E-state index contributed by atoms with van der Waals surface area (Å²) >= 11 is 7.08. The van der Waals surface area contributed by atoms with E-state index in [4.69, 9.17) is 11.2 Å². The molecule has 94 valence electrons. The molecule has 0 amide bonds. The Labute approximate surface area is 115 Å². The first-order valence-electron chi connectivity index (χ1n) is 6.46. The summed E-state index contributed by atoms with van der Waals surface area (Å²) in [6.45, 7) is 0.501. The molecule has 2 rings (SSSR count). The third kappa shape index (κ3) is 2.94. The van der Waals surface area contributed by atoms with Gasteiger partial charge in [-0.3, -0.25) is 0 Å². The van der Waals surface area contributed by atoms with Gasteiger partial charge in [0.05, 0.1) is 17.4 Å². The van der Waals surface area contributed by atoms with Gasteiger partial charge in [-0.15, -0.1) is 0 Å². The first-order valence-corrected chi connectivity index (χ1v) is 9.34. The van der Waals surface area contributed by atoms with Crippen molar-refractivity contribution in [2.24, 2.45) is 0 Å². The molecule has 18 heavy (non-hydrogen) atoms. The molecule has 0 unspecified atom stereocenters. The van der Waals surface area contributed by atoms with Crippen molar-refractivity contribution in [2.75, 3.05) is 6.16 Å². The van der Waals surface area contributed by atoms with Gasteiger partial charge in [-0.05, 0) is 30.7 Å². The highest BCUT2D eigenvalue weighted by Crippen LogP contribution is 2.61. The van der Waals surface area contributed by atoms with Crippen LogP contribution < -0.4 is 10.6 Å². The SMILES string of the molecule is CCCC[P+](Cl)(c1ccccc1)c1ccccc1.